The standard InChI is InChI=1S/C26H26Cl3N5/c1-3-33-26(18-7-5-4-6-8-18)30-25(32-33)23-16(2)24(17-9-11-19(27)12-10-17)34(31-23)22-14-13-20(28)15-21(22)29/h9-15,18H,3-8H2,1-2H3. The predicted molar refractivity (Wildman–Crippen MR) is 139 cm³/mol. The van der Waals surface area contributed by atoms with E-state index in [4.69, 9.17) is 50.0 Å². The molecule has 176 valence electrons. The van der Waals surface area contributed by atoms with Crippen molar-refractivity contribution >= 4 is 34.8 Å². The normalized spacial score (nSPS) is 14.6. The number of aromatic nitrogens is 5. The summed E-state index contributed by atoms with van der Waals surface area (Å²) in [6, 6.07) is 13.2. The van der Waals surface area contributed by atoms with Crippen molar-refractivity contribution in [2.45, 2.75) is 58.4 Å². The quantitative estimate of drug-likeness (QED) is 0.270. The summed E-state index contributed by atoms with van der Waals surface area (Å²) in [5, 5.41) is 11.6. The first kappa shape index (κ1) is 23.4. The van der Waals surface area contributed by atoms with Crippen LogP contribution in [0, 0.1) is 6.92 Å². The van der Waals surface area contributed by atoms with Gasteiger partial charge in [-0.25, -0.2) is 14.3 Å². The van der Waals surface area contributed by atoms with Crippen molar-refractivity contribution in [3.05, 3.63) is 68.9 Å². The summed E-state index contributed by atoms with van der Waals surface area (Å²) < 4.78 is 3.90. The third-order valence-corrected chi connectivity index (χ3v) is 7.35. The van der Waals surface area contributed by atoms with E-state index in [0.717, 1.165) is 40.6 Å². The lowest BCUT2D eigenvalue weighted by molar-refractivity contribution is 0.410. The molecular formula is C26H26Cl3N5. The Balaban J connectivity index is 1.68. The zero-order valence-corrected chi connectivity index (χ0v) is 21.5. The van der Waals surface area contributed by atoms with Gasteiger partial charge in [0, 0.05) is 33.6 Å². The molecule has 34 heavy (non-hydrogen) atoms. The molecule has 2 aromatic carbocycles. The van der Waals surface area contributed by atoms with Gasteiger partial charge in [0.1, 0.15) is 11.5 Å². The number of aryl methyl sites for hydroxylation is 1. The Kier molecular flexibility index (Phi) is 6.70. The van der Waals surface area contributed by atoms with Crippen LogP contribution in [0.1, 0.15) is 56.3 Å². The topological polar surface area (TPSA) is 48.5 Å². The highest BCUT2D eigenvalue weighted by Gasteiger charge is 2.26. The zero-order valence-electron chi connectivity index (χ0n) is 19.2. The van der Waals surface area contributed by atoms with Crippen LogP contribution in [0.25, 0.3) is 28.5 Å². The van der Waals surface area contributed by atoms with Gasteiger partial charge in [-0.15, -0.1) is 5.10 Å². The monoisotopic (exact) mass is 513 g/mol. The number of benzene rings is 2. The maximum Gasteiger partial charge on any atom is 0.202 e. The molecule has 2 aromatic heterocycles. The van der Waals surface area contributed by atoms with E-state index in [9.17, 15) is 0 Å². The van der Waals surface area contributed by atoms with Gasteiger partial charge in [0.25, 0.3) is 0 Å². The van der Waals surface area contributed by atoms with E-state index in [0.29, 0.717) is 26.8 Å². The van der Waals surface area contributed by atoms with Crippen molar-refractivity contribution in [1.29, 1.82) is 0 Å². The summed E-state index contributed by atoms with van der Waals surface area (Å²) in [7, 11) is 0. The van der Waals surface area contributed by atoms with Gasteiger partial charge in [-0.1, -0.05) is 66.2 Å². The molecule has 1 aliphatic carbocycles. The smallest absolute Gasteiger partial charge is 0.202 e. The van der Waals surface area contributed by atoms with Crippen molar-refractivity contribution in [2.24, 2.45) is 0 Å². The first-order chi connectivity index (χ1) is 16.5. The van der Waals surface area contributed by atoms with E-state index < -0.39 is 0 Å². The van der Waals surface area contributed by atoms with Crippen LogP contribution < -0.4 is 0 Å². The molecule has 0 saturated heterocycles. The highest BCUT2D eigenvalue weighted by Crippen LogP contribution is 2.37. The van der Waals surface area contributed by atoms with E-state index in [2.05, 4.69) is 13.8 Å². The summed E-state index contributed by atoms with van der Waals surface area (Å²) in [5.41, 5.74) is 4.38. The Hall–Kier alpha value is -2.34. The van der Waals surface area contributed by atoms with E-state index in [1.54, 1.807) is 6.07 Å². The Labute approximate surface area is 214 Å². The van der Waals surface area contributed by atoms with Crippen LogP contribution in [-0.4, -0.2) is 24.5 Å². The maximum atomic E-state index is 6.61. The second kappa shape index (κ2) is 9.73. The van der Waals surface area contributed by atoms with Crippen LogP contribution in [-0.2, 0) is 6.54 Å². The molecule has 2 heterocycles. The number of rotatable bonds is 5. The predicted octanol–water partition coefficient (Wildman–Crippen LogP) is 8.13. The Morgan fingerprint density at radius 3 is 2.29 bits per heavy atom. The Morgan fingerprint density at radius 1 is 0.912 bits per heavy atom. The number of hydrogen-bond donors (Lipinski definition) is 0. The van der Waals surface area contributed by atoms with Gasteiger partial charge in [-0.3, -0.25) is 0 Å². The molecule has 0 unspecified atom stereocenters. The Morgan fingerprint density at radius 2 is 1.62 bits per heavy atom. The molecule has 0 radical (unpaired) electrons. The van der Waals surface area contributed by atoms with Gasteiger partial charge in [0.15, 0.2) is 0 Å². The molecule has 0 aliphatic heterocycles. The third kappa shape index (κ3) is 4.37. The fourth-order valence-corrected chi connectivity index (χ4v) is 5.45. The highest BCUT2D eigenvalue weighted by molar-refractivity contribution is 6.35. The fraction of sp³-hybridized carbons (Fsp3) is 0.346. The lowest BCUT2D eigenvalue weighted by Gasteiger charge is -2.20. The Bertz CT molecular complexity index is 1320. The zero-order chi connectivity index (χ0) is 23.8. The minimum atomic E-state index is 0.457. The minimum Gasteiger partial charge on any atom is -0.249 e. The van der Waals surface area contributed by atoms with E-state index >= 15 is 0 Å². The summed E-state index contributed by atoms with van der Waals surface area (Å²) in [4.78, 5) is 5.03. The summed E-state index contributed by atoms with van der Waals surface area (Å²) >= 11 is 18.9. The second-order valence-corrected chi connectivity index (χ2v) is 10.1. The van der Waals surface area contributed by atoms with Gasteiger partial charge < -0.3 is 0 Å². The van der Waals surface area contributed by atoms with Crippen molar-refractivity contribution in [2.75, 3.05) is 0 Å². The van der Waals surface area contributed by atoms with Crippen molar-refractivity contribution < 1.29 is 0 Å². The van der Waals surface area contributed by atoms with Gasteiger partial charge in [-0.2, -0.15) is 5.10 Å². The SMILES string of the molecule is CCn1nc(-c2nn(-c3ccc(Cl)cc3Cl)c(-c3ccc(Cl)cc3)c2C)nc1C1CCCCC1. The largest absolute Gasteiger partial charge is 0.249 e. The average molecular weight is 515 g/mol. The molecule has 1 aliphatic rings. The minimum absolute atomic E-state index is 0.457. The molecule has 0 N–H and O–H groups in total. The molecule has 8 heteroatoms. The molecule has 1 fully saturated rings. The van der Waals surface area contributed by atoms with E-state index in [-0.39, 0.29) is 0 Å². The van der Waals surface area contributed by atoms with Crippen LogP contribution >= 0.6 is 34.8 Å². The number of nitrogens with zero attached hydrogens (tertiary/aromatic N) is 5. The van der Waals surface area contributed by atoms with E-state index in [1.165, 1.54) is 32.1 Å². The van der Waals surface area contributed by atoms with Crippen molar-refractivity contribution in [3.8, 4) is 28.5 Å². The van der Waals surface area contributed by atoms with Crippen LogP contribution in [0.2, 0.25) is 15.1 Å². The van der Waals surface area contributed by atoms with E-state index in [1.807, 2.05) is 45.8 Å². The fourth-order valence-electron chi connectivity index (χ4n) is 4.83. The molecule has 0 amide bonds. The van der Waals surface area contributed by atoms with Gasteiger partial charge in [0.05, 0.1) is 16.4 Å². The molecule has 0 spiro atoms. The number of halogens is 3. The number of hydrogen-bond acceptors (Lipinski definition) is 3. The van der Waals surface area contributed by atoms with Gasteiger partial charge in [0.2, 0.25) is 5.82 Å². The van der Waals surface area contributed by atoms with Crippen LogP contribution in [0.4, 0.5) is 0 Å². The molecular weight excluding hydrogens is 489 g/mol. The lowest BCUT2D eigenvalue weighted by atomic mass is 9.88. The highest BCUT2D eigenvalue weighted by atomic mass is 35.5. The molecule has 1 saturated carbocycles. The second-order valence-electron chi connectivity index (χ2n) is 8.78. The molecule has 4 aromatic rings. The summed E-state index contributed by atoms with van der Waals surface area (Å²) in [6.07, 6.45) is 6.14. The molecule has 5 rings (SSSR count). The van der Waals surface area contributed by atoms with Crippen LogP contribution in [0.5, 0.6) is 0 Å². The lowest BCUT2D eigenvalue weighted by Crippen LogP contribution is -2.12. The van der Waals surface area contributed by atoms with Crippen molar-refractivity contribution in [3.63, 3.8) is 0 Å². The van der Waals surface area contributed by atoms with Crippen LogP contribution in [0.15, 0.2) is 42.5 Å². The molecule has 0 atom stereocenters. The molecule has 5 nitrogen and oxygen atoms in total. The average Bonchev–Trinajstić information content (AvgIpc) is 3.41. The van der Waals surface area contributed by atoms with Gasteiger partial charge in [-0.05, 0) is 57.0 Å². The van der Waals surface area contributed by atoms with Gasteiger partial charge >= 0.3 is 0 Å². The first-order valence-electron chi connectivity index (χ1n) is 11.7. The molecule has 0 bridgehead atoms. The summed E-state index contributed by atoms with van der Waals surface area (Å²) in [6.45, 7) is 4.95. The summed E-state index contributed by atoms with van der Waals surface area (Å²) in [5.74, 6) is 2.18. The third-order valence-electron chi connectivity index (χ3n) is 6.56. The first-order valence-corrected chi connectivity index (χ1v) is 12.9. The van der Waals surface area contributed by atoms with Crippen LogP contribution in [0.3, 0.4) is 0 Å². The van der Waals surface area contributed by atoms with Crippen molar-refractivity contribution in [1.82, 2.24) is 24.5 Å². The maximum absolute atomic E-state index is 6.61.